The molecule has 0 unspecified atom stereocenters. The third kappa shape index (κ3) is 3.02. The Labute approximate surface area is 110 Å². The molecule has 0 saturated heterocycles. The molecule has 0 radical (unpaired) electrons. The van der Waals surface area contributed by atoms with Crippen molar-refractivity contribution < 1.29 is 8.42 Å². The summed E-state index contributed by atoms with van der Waals surface area (Å²) in [4.78, 5) is 13.7. The van der Waals surface area contributed by atoms with Gasteiger partial charge in [-0.1, -0.05) is 13.3 Å². The summed E-state index contributed by atoms with van der Waals surface area (Å²) < 4.78 is 26.3. The molecule has 0 amide bonds. The molecule has 0 aliphatic rings. The van der Waals surface area contributed by atoms with Crippen LogP contribution >= 0.6 is 0 Å². The maximum atomic E-state index is 12.0. The molecule has 8 heteroatoms. The number of nitrogens with zero attached hydrogens (tertiary/aromatic N) is 1. The maximum Gasteiger partial charge on any atom is 0.268 e. The van der Waals surface area contributed by atoms with E-state index in [1.54, 1.807) is 6.07 Å². The van der Waals surface area contributed by atoms with Crippen LogP contribution in [-0.4, -0.2) is 23.6 Å². The van der Waals surface area contributed by atoms with Gasteiger partial charge in [-0.25, -0.2) is 8.42 Å². The predicted octanol–water partition coefficient (Wildman–Crippen LogP) is 0.851. The van der Waals surface area contributed by atoms with Gasteiger partial charge in [-0.3, -0.25) is 14.6 Å². The molecule has 0 atom stereocenters. The molecule has 2 aromatic rings. The number of hydrogen-bond acceptors (Lipinski definition) is 4. The first-order valence-electron chi connectivity index (χ1n) is 5.77. The topological polar surface area (TPSA) is 108 Å². The molecule has 0 saturated carbocycles. The van der Waals surface area contributed by atoms with Gasteiger partial charge in [0.2, 0.25) is 5.43 Å². The molecule has 0 fully saturated rings. The Morgan fingerprint density at radius 2 is 2.21 bits per heavy atom. The fraction of sp³-hybridized carbons (Fsp3) is 0.273. The van der Waals surface area contributed by atoms with Crippen LogP contribution in [-0.2, 0) is 16.4 Å². The minimum absolute atomic E-state index is 0.173. The van der Waals surface area contributed by atoms with Crippen molar-refractivity contribution >= 4 is 15.8 Å². The molecule has 2 aromatic heterocycles. The van der Waals surface area contributed by atoms with Crippen LogP contribution in [0.4, 0.5) is 5.82 Å². The average Bonchev–Trinajstić information content (AvgIpc) is 2.76. The van der Waals surface area contributed by atoms with E-state index in [1.807, 2.05) is 6.92 Å². The smallest absolute Gasteiger partial charge is 0.268 e. The van der Waals surface area contributed by atoms with Gasteiger partial charge >= 0.3 is 0 Å². The molecular formula is C11H14N4O3S. The Morgan fingerprint density at radius 1 is 1.42 bits per heavy atom. The second kappa shape index (κ2) is 5.27. The van der Waals surface area contributed by atoms with E-state index in [1.165, 1.54) is 6.20 Å². The summed E-state index contributed by atoms with van der Waals surface area (Å²) in [6.45, 7) is 2.01. The van der Waals surface area contributed by atoms with Crippen LogP contribution in [0.15, 0.2) is 34.2 Å². The number of rotatable bonds is 5. The van der Waals surface area contributed by atoms with Crippen molar-refractivity contribution in [2.45, 2.75) is 24.7 Å². The van der Waals surface area contributed by atoms with Crippen molar-refractivity contribution in [1.29, 1.82) is 0 Å². The van der Waals surface area contributed by atoms with Gasteiger partial charge in [-0.15, -0.1) is 0 Å². The van der Waals surface area contributed by atoms with E-state index in [0.717, 1.165) is 30.8 Å². The zero-order chi connectivity index (χ0) is 13.9. The molecular weight excluding hydrogens is 268 g/mol. The number of H-pyrrole nitrogens is 2. The lowest BCUT2D eigenvalue weighted by Gasteiger charge is -2.03. The Hall–Kier alpha value is -2.09. The molecule has 0 aromatic carbocycles. The van der Waals surface area contributed by atoms with E-state index in [-0.39, 0.29) is 10.7 Å². The third-order valence-corrected chi connectivity index (χ3v) is 3.84. The Kier molecular flexibility index (Phi) is 3.70. The van der Waals surface area contributed by atoms with Crippen LogP contribution in [0.1, 0.15) is 19.0 Å². The minimum Gasteiger partial charge on any atom is -0.366 e. The Balaban J connectivity index is 2.26. The van der Waals surface area contributed by atoms with Gasteiger partial charge in [-0.05, 0) is 6.42 Å². The van der Waals surface area contributed by atoms with Gasteiger partial charge in [0, 0.05) is 30.2 Å². The van der Waals surface area contributed by atoms with Crippen LogP contribution in [0.2, 0.25) is 0 Å². The second-order valence-electron chi connectivity index (χ2n) is 4.01. The van der Waals surface area contributed by atoms with Crippen molar-refractivity contribution in [3.05, 3.63) is 40.4 Å². The zero-order valence-electron chi connectivity index (χ0n) is 10.3. The SMILES string of the molecule is CCCc1cc(NS(=O)(=O)c2c[nH]ccc2=O)n[nH]1. The fourth-order valence-electron chi connectivity index (χ4n) is 1.61. The van der Waals surface area contributed by atoms with Crippen molar-refractivity contribution in [3.63, 3.8) is 0 Å². The third-order valence-electron chi connectivity index (χ3n) is 2.47. The number of nitrogens with one attached hydrogen (secondary N) is 3. The van der Waals surface area contributed by atoms with Crippen molar-refractivity contribution in [2.75, 3.05) is 4.72 Å². The van der Waals surface area contributed by atoms with E-state index >= 15 is 0 Å². The van der Waals surface area contributed by atoms with Crippen molar-refractivity contribution in [2.24, 2.45) is 0 Å². The number of pyridine rings is 1. The molecule has 0 bridgehead atoms. The number of aromatic nitrogens is 3. The molecule has 0 spiro atoms. The van der Waals surface area contributed by atoms with Gasteiger partial charge in [0.25, 0.3) is 10.0 Å². The van der Waals surface area contributed by atoms with Crippen LogP contribution in [0.25, 0.3) is 0 Å². The molecule has 0 aliphatic carbocycles. The summed E-state index contributed by atoms with van der Waals surface area (Å²) in [5.74, 6) is 0.173. The van der Waals surface area contributed by atoms with E-state index in [4.69, 9.17) is 0 Å². The number of hydrogen-bond donors (Lipinski definition) is 3. The predicted molar refractivity (Wildman–Crippen MR) is 70.5 cm³/mol. The Morgan fingerprint density at radius 3 is 2.89 bits per heavy atom. The van der Waals surface area contributed by atoms with Crippen LogP contribution in [0.3, 0.4) is 0 Å². The summed E-state index contributed by atoms with van der Waals surface area (Å²) in [5, 5.41) is 6.58. The van der Waals surface area contributed by atoms with E-state index < -0.39 is 15.5 Å². The van der Waals surface area contributed by atoms with Crippen LogP contribution in [0, 0.1) is 0 Å². The number of aryl methyl sites for hydroxylation is 1. The Bertz CT molecular complexity index is 717. The normalized spacial score (nSPS) is 11.4. The van der Waals surface area contributed by atoms with Crippen molar-refractivity contribution in [1.82, 2.24) is 15.2 Å². The van der Waals surface area contributed by atoms with Gasteiger partial charge in [0.05, 0.1) is 0 Å². The molecule has 7 nitrogen and oxygen atoms in total. The highest BCUT2D eigenvalue weighted by Gasteiger charge is 2.18. The van der Waals surface area contributed by atoms with Gasteiger partial charge in [0.1, 0.15) is 0 Å². The largest absolute Gasteiger partial charge is 0.366 e. The van der Waals surface area contributed by atoms with Gasteiger partial charge < -0.3 is 4.98 Å². The molecule has 2 rings (SSSR count). The molecule has 0 aliphatic heterocycles. The zero-order valence-corrected chi connectivity index (χ0v) is 11.1. The second-order valence-corrected chi connectivity index (χ2v) is 5.66. The quantitative estimate of drug-likeness (QED) is 0.755. The lowest BCUT2D eigenvalue weighted by molar-refractivity contribution is 0.600. The van der Waals surface area contributed by atoms with E-state index in [9.17, 15) is 13.2 Å². The number of sulfonamides is 1. The number of aromatic amines is 2. The summed E-state index contributed by atoms with van der Waals surface area (Å²) in [5.41, 5.74) is 0.262. The molecule has 102 valence electrons. The minimum atomic E-state index is -3.92. The lowest BCUT2D eigenvalue weighted by Crippen LogP contribution is -2.21. The molecule has 3 N–H and O–H groups in total. The first kappa shape index (κ1) is 13.3. The highest BCUT2D eigenvalue weighted by atomic mass is 32.2. The highest BCUT2D eigenvalue weighted by molar-refractivity contribution is 7.92. The first-order chi connectivity index (χ1) is 9.03. The molecule has 19 heavy (non-hydrogen) atoms. The highest BCUT2D eigenvalue weighted by Crippen LogP contribution is 2.12. The first-order valence-corrected chi connectivity index (χ1v) is 7.25. The summed E-state index contributed by atoms with van der Waals surface area (Å²) in [7, 11) is -3.92. The van der Waals surface area contributed by atoms with Crippen LogP contribution < -0.4 is 10.2 Å². The van der Waals surface area contributed by atoms with Gasteiger partial charge in [0.15, 0.2) is 10.7 Å². The maximum absolute atomic E-state index is 12.0. The van der Waals surface area contributed by atoms with Gasteiger partial charge in [-0.2, -0.15) is 5.10 Å². The lowest BCUT2D eigenvalue weighted by atomic mass is 10.2. The number of anilines is 1. The van der Waals surface area contributed by atoms with Crippen molar-refractivity contribution in [3.8, 4) is 0 Å². The summed E-state index contributed by atoms with van der Waals surface area (Å²) in [6, 6.07) is 2.76. The van der Waals surface area contributed by atoms with E-state index in [0.29, 0.717) is 0 Å². The monoisotopic (exact) mass is 282 g/mol. The standard InChI is InChI=1S/C11H14N4O3S/c1-2-3-8-6-11(14-13-8)15-19(17,18)10-7-12-5-4-9(10)16/h4-7H,2-3H2,1H3,(H,12,16)(H2,13,14,15). The summed E-state index contributed by atoms with van der Waals surface area (Å²) in [6.07, 6.45) is 4.22. The van der Waals surface area contributed by atoms with E-state index in [2.05, 4.69) is 19.9 Å². The summed E-state index contributed by atoms with van der Waals surface area (Å²) >= 11 is 0. The fourth-order valence-corrected chi connectivity index (χ4v) is 2.66. The molecule has 2 heterocycles. The average molecular weight is 282 g/mol. The van der Waals surface area contributed by atoms with Crippen LogP contribution in [0.5, 0.6) is 0 Å².